The number of benzene rings is 1. The number of hydrogen-bond donors (Lipinski definition) is 1. The van der Waals surface area contributed by atoms with E-state index in [0.29, 0.717) is 18.1 Å². The molecular weight excluding hydrogens is 276 g/mol. The van der Waals surface area contributed by atoms with Crippen molar-refractivity contribution in [1.82, 2.24) is 10.2 Å². The topological polar surface area (TPSA) is 15.3 Å². The molecule has 3 unspecified atom stereocenters. The molecule has 1 saturated heterocycles. The summed E-state index contributed by atoms with van der Waals surface area (Å²) >= 11 is 3.65. The van der Waals surface area contributed by atoms with Crippen LogP contribution in [-0.4, -0.2) is 30.1 Å². The molecule has 0 aromatic heterocycles. The molecule has 0 bridgehead atoms. The Labute approximate surface area is 113 Å². The molecule has 1 fully saturated rings. The molecule has 0 radical (unpaired) electrons. The van der Waals surface area contributed by atoms with E-state index in [4.69, 9.17) is 0 Å². The summed E-state index contributed by atoms with van der Waals surface area (Å²) < 4.78 is 1.21. The number of piperazine rings is 1. The Morgan fingerprint density at radius 2 is 1.82 bits per heavy atom. The van der Waals surface area contributed by atoms with Crippen molar-refractivity contribution in [3.05, 3.63) is 34.3 Å². The van der Waals surface area contributed by atoms with Crippen LogP contribution in [0.25, 0.3) is 0 Å². The van der Waals surface area contributed by atoms with Gasteiger partial charge in [0.2, 0.25) is 0 Å². The van der Waals surface area contributed by atoms with Crippen molar-refractivity contribution in [2.24, 2.45) is 0 Å². The first-order valence-electron chi connectivity index (χ1n) is 6.32. The molecule has 3 heteroatoms. The van der Waals surface area contributed by atoms with Crippen molar-refractivity contribution in [3.8, 4) is 0 Å². The average molecular weight is 297 g/mol. The molecule has 1 aromatic carbocycles. The van der Waals surface area contributed by atoms with Gasteiger partial charge in [-0.1, -0.05) is 34.1 Å². The summed E-state index contributed by atoms with van der Waals surface area (Å²) in [5.74, 6) is 0. The zero-order valence-corrected chi connectivity index (χ0v) is 12.4. The van der Waals surface area contributed by atoms with Crippen LogP contribution in [0.4, 0.5) is 0 Å². The minimum atomic E-state index is 0.470. The predicted octanol–water partition coefficient (Wildman–Crippen LogP) is 3.19. The second-order valence-corrected chi connectivity index (χ2v) is 5.97. The summed E-state index contributed by atoms with van der Waals surface area (Å²) in [6, 6.07) is 10.1. The van der Waals surface area contributed by atoms with Crippen LogP contribution in [0, 0.1) is 0 Å². The zero-order chi connectivity index (χ0) is 12.4. The molecule has 1 aliphatic rings. The van der Waals surface area contributed by atoms with Crippen molar-refractivity contribution in [2.45, 2.75) is 38.9 Å². The largest absolute Gasteiger partial charge is 0.309 e. The second kappa shape index (κ2) is 5.51. The number of nitrogens with zero attached hydrogens (tertiary/aromatic N) is 1. The van der Waals surface area contributed by atoms with Gasteiger partial charge in [0, 0.05) is 35.7 Å². The molecule has 0 aliphatic carbocycles. The van der Waals surface area contributed by atoms with Gasteiger partial charge in [-0.25, -0.2) is 0 Å². The Hall–Kier alpha value is -0.380. The van der Waals surface area contributed by atoms with Crippen LogP contribution >= 0.6 is 15.9 Å². The SMILES string of the molecule is CC1CN(C(C)c2ccccc2Br)CC(C)N1. The number of halogens is 1. The lowest BCUT2D eigenvalue weighted by atomic mass is 10.0. The van der Waals surface area contributed by atoms with Crippen molar-refractivity contribution in [2.75, 3.05) is 13.1 Å². The van der Waals surface area contributed by atoms with Crippen LogP contribution in [0.1, 0.15) is 32.4 Å². The van der Waals surface area contributed by atoms with Crippen LogP contribution in [0.3, 0.4) is 0 Å². The first-order valence-corrected chi connectivity index (χ1v) is 7.11. The summed E-state index contributed by atoms with van der Waals surface area (Å²) in [5.41, 5.74) is 1.38. The third-order valence-corrected chi connectivity index (χ3v) is 4.21. The van der Waals surface area contributed by atoms with Gasteiger partial charge in [-0.05, 0) is 32.4 Å². The van der Waals surface area contributed by atoms with Gasteiger partial charge in [-0.2, -0.15) is 0 Å². The van der Waals surface area contributed by atoms with Crippen LogP contribution < -0.4 is 5.32 Å². The van der Waals surface area contributed by atoms with E-state index < -0.39 is 0 Å². The second-order valence-electron chi connectivity index (χ2n) is 5.12. The van der Waals surface area contributed by atoms with E-state index in [-0.39, 0.29) is 0 Å². The molecule has 1 N–H and O–H groups in total. The van der Waals surface area contributed by atoms with E-state index >= 15 is 0 Å². The molecule has 1 aromatic rings. The van der Waals surface area contributed by atoms with Gasteiger partial charge in [-0.15, -0.1) is 0 Å². The molecule has 0 amide bonds. The Bertz CT molecular complexity index is 370. The van der Waals surface area contributed by atoms with Crippen molar-refractivity contribution < 1.29 is 0 Å². The Balaban J connectivity index is 2.14. The van der Waals surface area contributed by atoms with Crippen LogP contribution in [0.15, 0.2) is 28.7 Å². The smallest absolute Gasteiger partial charge is 0.0332 e. The highest BCUT2D eigenvalue weighted by Gasteiger charge is 2.25. The Morgan fingerprint density at radius 3 is 2.41 bits per heavy atom. The molecule has 94 valence electrons. The summed E-state index contributed by atoms with van der Waals surface area (Å²) in [5, 5.41) is 3.58. The highest BCUT2D eigenvalue weighted by molar-refractivity contribution is 9.10. The molecule has 0 spiro atoms. The molecule has 1 heterocycles. The van der Waals surface area contributed by atoms with Gasteiger partial charge in [0.05, 0.1) is 0 Å². The minimum absolute atomic E-state index is 0.470. The average Bonchev–Trinajstić information content (AvgIpc) is 2.27. The van der Waals surface area contributed by atoms with Gasteiger partial charge in [-0.3, -0.25) is 4.90 Å². The number of rotatable bonds is 2. The molecular formula is C14H21BrN2. The fourth-order valence-electron chi connectivity index (χ4n) is 2.70. The number of hydrogen-bond acceptors (Lipinski definition) is 2. The molecule has 2 rings (SSSR count). The first-order chi connectivity index (χ1) is 8.08. The van der Waals surface area contributed by atoms with Gasteiger partial charge in [0.25, 0.3) is 0 Å². The molecule has 17 heavy (non-hydrogen) atoms. The Morgan fingerprint density at radius 1 is 1.24 bits per heavy atom. The van der Waals surface area contributed by atoms with E-state index in [1.807, 2.05) is 0 Å². The maximum Gasteiger partial charge on any atom is 0.0332 e. The number of nitrogens with one attached hydrogen (secondary N) is 1. The molecule has 2 nitrogen and oxygen atoms in total. The van der Waals surface area contributed by atoms with Gasteiger partial charge in [0.1, 0.15) is 0 Å². The van der Waals surface area contributed by atoms with E-state index in [2.05, 4.69) is 71.2 Å². The lowest BCUT2D eigenvalue weighted by Gasteiger charge is -2.40. The third kappa shape index (κ3) is 3.09. The predicted molar refractivity (Wildman–Crippen MR) is 76.2 cm³/mol. The standard InChI is InChI=1S/C14H21BrN2/c1-10-8-17(9-11(2)16-10)12(3)13-6-4-5-7-14(13)15/h4-7,10-12,16H,8-9H2,1-3H3. The monoisotopic (exact) mass is 296 g/mol. The highest BCUT2D eigenvalue weighted by Crippen LogP contribution is 2.28. The van der Waals surface area contributed by atoms with E-state index in [1.54, 1.807) is 0 Å². The molecule has 0 saturated carbocycles. The summed E-state index contributed by atoms with van der Waals surface area (Å²) in [6.45, 7) is 9.05. The minimum Gasteiger partial charge on any atom is -0.309 e. The molecule has 1 aliphatic heterocycles. The van der Waals surface area contributed by atoms with Crippen LogP contribution in [0.2, 0.25) is 0 Å². The van der Waals surface area contributed by atoms with Crippen LogP contribution in [-0.2, 0) is 0 Å². The summed E-state index contributed by atoms with van der Waals surface area (Å²) in [4.78, 5) is 2.56. The normalized spacial score (nSPS) is 28.0. The van der Waals surface area contributed by atoms with E-state index in [9.17, 15) is 0 Å². The fourth-order valence-corrected chi connectivity index (χ4v) is 3.31. The van der Waals surface area contributed by atoms with Crippen molar-refractivity contribution in [1.29, 1.82) is 0 Å². The quantitative estimate of drug-likeness (QED) is 0.902. The third-order valence-electron chi connectivity index (χ3n) is 3.49. The van der Waals surface area contributed by atoms with Crippen LogP contribution in [0.5, 0.6) is 0 Å². The van der Waals surface area contributed by atoms with E-state index in [0.717, 1.165) is 13.1 Å². The first kappa shape index (κ1) is 13.1. The van der Waals surface area contributed by atoms with Crippen molar-refractivity contribution in [3.63, 3.8) is 0 Å². The fraction of sp³-hybridized carbons (Fsp3) is 0.571. The van der Waals surface area contributed by atoms with Crippen molar-refractivity contribution >= 4 is 15.9 Å². The zero-order valence-electron chi connectivity index (χ0n) is 10.8. The van der Waals surface area contributed by atoms with Gasteiger partial charge < -0.3 is 5.32 Å². The summed E-state index contributed by atoms with van der Waals surface area (Å²) in [7, 11) is 0. The Kier molecular flexibility index (Phi) is 4.23. The lowest BCUT2D eigenvalue weighted by molar-refractivity contribution is 0.131. The lowest BCUT2D eigenvalue weighted by Crippen LogP contribution is -2.54. The maximum atomic E-state index is 3.65. The van der Waals surface area contributed by atoms with Gasteiger partial charge in [0.15, 0.2) is 0 Å². The van der Waals surface area contributed by atoms with E-state index in [1.165, 1.54) is 10.0 Å². The van der Waals surface area contributed by atoms with Gasteiger partial charge >= 0.3 is 0 Å². The highest BCUT2D eigenvalue weighted by atomic mass is 79.9. The molecule has 3 atom stereocenters. The summed E-state index contributed by atoms with van der Waals surface area (Å²) in [6.07, 6.45) is 0. The maximum absolute atomic E-state index is 3.65.